The number of nitrogens with zero attached hydrogens (tertiary/aromatic N) is 2. The Balaban J connectivity index is 1.40. The molecule has 6 heteroatoms. The third-order valence-electron chi connectivity index (χ3n) is 6.52. The summed E-state index contributed by atoms with van der Waals surface area (Å²) >= 11 is 0. The second kappa shape index (κ2) is 10.4. The molecule has 178 valence electrons. The minimum Gasteiger partial charge on any atom is -0.339 e. The van der Waals surface area contributed by atoms with E-state index in [-0.39, 0.29) is 12.5 Å². The first-order valence-electron chi connectivity index (χ1n) is 11.8. The van der Waals surface area contributed by atoms with Crippen LogP contribution in [0.4, 0.5) is 5.69 Å². The zero-order valence-electron chi connectivity index (χ0n) is 19.9. The molecule has 0 unspecified atom stereocenters. The van der Waals surface area contributed by atoms with Crippen molar-refractivity contribution < 1.29 is 13.2 Å². The largest absolute Gasteiger partial charge is 0.339 e. The lowest BCUT2D eigenvalue weighted by molar-refractivity contribution is 0.0690. The number of carbonyl (C=O) groups excluding carboxylic acids is 1. The number of anilines is 1. The lowest BCUT2D eigenvalue weighted by Crippen LogP contribution is -2.39. The minimum absolute atomic E-state index is 0.00847. The second-order valence-electron chi connectivity index (χ2n) is 9.23. The predicted octanol–water partition coefficient (Wildman–Crippen LogP) is 5.06. The molecule has 1 fully saturated rings. The van der Waals surface area contributed by atoms with Crippen molar-refractivity contribution in [3.63, 3.8) is 0 Å². The summed E-state index contributed by atoms with van der Waals surface area (Å²) in [7, 11) is -3.47. The summed E-state index contributed by atoms with van der Waals surface area (Å²) in [5, 5.41) is 0. The van der Waals surface area contributed by atoms with Crippen molar-refractivity contribution >= 4 is 21.6 Å². The topological polar surface area (TPSA) is 57.7 Å². The standard InChI is InChI=1S/C28H32N2O3S/c1-22-8-10-25(11-9-22)21-30(34(2,32)33)27-14-12-26(13-15-27)28(31)29-18-16-24(17-19-29)20-23-6-4-3-5-7-23/h3-15,24H,16-21H2,1-2H3. The molecule has 1 amide bonds. The van der Waals surface area contributed by atoms with Gasteiger partial charge in [0.25, 0.3) is 5.91 Å². The van der Waals surface area contributed by atoms with Crippen molar-refractivity contribution in [3.8, 4) is 0 Å². The van der Waals surface area contributed by atoms with Crippen LogP contribution in [-0.4, -0.2) is 38.6 Å². The van der Waals surface area contributed by atoms with Gasteiger partial charge in [-0.15, -0.1) is 0 Å². The van der Waals surface area contributed by atoms with Crippen LogP contribution in [0.25, 0.3) is 0 Å². The molecular weight excluding hydrogens is 444 g/mol. The summed E-state index contributed by atoms with van der Waals surface area (Å²) in [5.74, 6) is 0.605. The second-order valence-corrected chi connectivity index (χ2v) is 11.1. The normalized spacial score (nSPS) is 14.7. The number of aryl methyl sites for hydroxylation is 1. The Kier molecular flexibility index (Phi) is 7.37. The summed E-state index contributed by atoms with van der Waals surface area (Å²) in [5.41, 5.74) is 4.54. The minimum atomic E-state index is -3.47. The third-order valence-corrected chi connectivity index (χ3v) is 7.66. The van der Waals surface area contributed by atoms with Crippen LogP contribution < -0.4 is 4.31 Å². The van der Waals surface area contributed by atoms with Crippen LogP contribution in [0.3, 0.4) is 0 Å². The monoisotopic (exact) mass is 476 g/mol. The molecule has 0 saturated carbocycles. The number of hydrogen-bond donors (Lipinski definition) is 0. The molecule has 3 aromatic rings. The van der Waals surface area contributed by atoms with Crippen molar-refractivity contribution in [1.82, 2.24) is 4.90 Å². The average molecular weight is 477 g/mol. The van der Waals surface area contributed by atoms with Crippen molar-refractivity contribution in [2.24, 2.45) is 5.92 Å². The molecular formula is C28H32N2O3S. The van der Waals surface area contributed by atoms with E-state index in [2.05, 4.69) is 24.3 Å². The summed E-state index contributed by atoms with van der Waals surface area (Å²) in [4.78, 5) is 15.0. The Labute approximate surface area is 203 Å². The van der Waals surface area contributed by atoms with Crippen LogP contribution in [0.5, 0.6) is 0 Å². The Morgan fingerprint density at radius 1 is 0.882 bits per heavy atom. The summed E-state index contributed by atoms with van der Waals surface area (Å²) in [6.07, 6.45) is 4.26. The molecule has 34 heavy (non-hydrogen) atoms. The highest BCUT2D eigenvalue weighted by Crippen LogP contribution is 2.25. The van der Waals surface area contributed by atoms with Crippen LogP contribution in [0.15, 0.2) is 78.9 Å². The Bertz CT molecular complexity index is 1200. The maximum absolute atomic E-state index is 13.1. The van der Waals surface area contributed by atoms with Gasteiger partial charge in [0.2, 0.25) is 10.0 Å². The van der Waals surface area contributed by atoms with Crippen molar-refractivity contribution in [2.45, 2.75) is 32.7 Å². The maximum Gasteiger partial charge on any atom is 0.253 e. The number of benzene rings is 3. The van der Waals surface area contributed by atoms with Gasteiger partial charge in [-0.3, -0.25) is 9.10 Å². The van der Waals surface area contributed by atoms with E-state index in [9.17, 15) is 13.2 Å². The van der Waals surface area contributed by atoms with Crippen molar-refractivity contribution in [1.29, 1.82) is 0 Å². The number of sulfonamides is 1. The molecule has 3 aromatic carbocycles. The van der Waals surface area contributed by atoms with Gasteiger partial charge in [0.05, 0.1) is 18.5 Å². The van der Waals surface area contributed by atoms with E-state index >= 15 is 0 Å². The van der Waals surface area contributed by atoms with E-state index in [1.807, 2.05) is 42.2 Å². The Morgan fingerprint density at radius 3 is 2.09 bits per heavy atom. The molecule has 0 atom stereocenters. The van der Waals surface area contributed by atoms with E-state index in [1.165, 1.54) is 16.1 Å². The lowest BCUT2D eigenvalue weighted by atomic mass is 9.90. The molecule has 0 N–H and O–H groups in total. The molecule has 1 aliphatic heterocycles. The van der Waals surface area contributed by atoms with Gasteiger partial charge in [0, 0.05) is 18.7 Å². The Morgan fingerprint density at radius 2 is 1.50 bits per heavy atom. The zero-order valence-corrected chi connectivity index (χ0v) is 20.7. The van der Waals surface area contributed by atoms with Gasteiger partial charge in [-0.1, -0.05) is 60.2 Å². The fourth-order valence-corrected chi connectivity index (χ4v) is 5.39. The van der Waals surface area contributed by atoms with Gasteiger partial charge in [-0.2, -0.15) is 0 Å². The number of carbonyl (C=O) groups is 1. The predicted molar refractivity (Wildman–Crippen MR) is 137 cm³/mol. The SMILES string of the molecule is Cc1ccc(CN(c2ccc(C(=O)N3CCC(Cc4ccccc4)CC3)cc2)S(C)(=O)=O)cc1. The number of piperidine rings is 1. The van der Waals surface area contributed by atoms with E-state index in [0.29, 0.717) is 17.2 Å². The number of rotatable bonds is 7. The highest BCUT2D eigenvalue weighted by Gasteiger charge is 2.24. The fraction of sp³-hybridized carbons (Fsp3) is 0.321. The van der Waals surface area contributed by atoms with E-state index in [4.69, 9.17) is 0 Å². The van der Waals surface area contributed by atoms with Gasteiger partial charge in [-0.05, 0) is 67.5 Å². The van der Waals surface area contributed by atoms with E-state index in [0.717, 1.165) is 43.5 Å². The molecule has 1 saturated heterocycles. The van der Waals surface area contributed by atoms with Crippen LogP contribution >= 0.6 is 0 Å². The van der Waals surface area contributed by atoms with Crippen molar-refractivity contribution in [2.75, 3.05) is 23.7 Å². The summed E-state index contributed by atoms with van der Waals surface area (Å²) in [6, 6.07) is 25.3. The van der Waals surface area contributed by atoms with E-state index < -0.39 is 10.0 Å². The van der Waals surface area contributed by atoms with Crippen LogP contribution in [0, 0.1) is 12.8 Å². The molecule has 0 aliphatic carbocycles. The van der Waals surface area contributed by atoms with Crippen molar-refractivity contribution in [3.05, 3.63) is 101 Å². The zero-order chi connectivity index (χ0) is 24.1. The van der Waals surface area contributed by atoms with Gasteiger partial charge in [0.1, 0.15) is 0 Å². The molecule has 5 nitrogen and oxygen atoms in total. The fourth-order valence-electron chi connectivity index (χ4n) is 4.50. The Hall–Kier alpha value is -3.12. The highest BCUT2D eigenvalue weighted by atomic mass is 32.2. The number of amides is 1. The third kappa shape index (κ3) is 6.06. The first-order valence-corrected chi connectivity index (χ1v) is 13.6. The first kappa shape index (κ1) is 24.0. The molecule has 0 radical (unpaired) electrons. The van der Waals surface area contributed by atoms with Gasteiger partial charge in [-0.25, -0.2) is 8.42 Å². The molecule has 0 aromatic heterocycles. The maximum atomic E-state index is 13.1. The van der Waals surface area contributed by atoms with Gasteiger partial charge in [0.15, 0.2) is 0 Å². The molecule has 0 spiro atoms. The van der Waals surface area contributed by atoms with Gasteiger partial charge < -0.3 is 4.90 Å². The molecule has 4 rings (SSSR count). The summed E-state index contributed by atoms with van der Waals surface area (Å²) < 4.78 is 26.3. The summed E-state index contributed by atoms with van der Waals surface area (Å²) in [6.45, 7) is 3.75. The molecule has 1 aliphatic rings. The molecule has 0 bridgehead atoms. The first-order chi connectivity index (χ1) is 16.3. The van der Waals surface area contributed by atoms with Crippen LogP contribution in [-0.2, 0) is 23.0 Å². The quantitative estimate of drug-likeness (QED) is 0.479. The average Bonchev–Trinajstić information content (AvgIpc) is 2.84. The number of hydrogen-bond acceptors (Lipinski definition) is 3. The highest BCUT2D eigenvalue weighted by molar-refractivity contribution is 7.92. The number of likely N-dealkylation sites (tertiary alicyclic amines) is 1. The van der Waals surface area contributed by atoms with E-state index in [1.54, 1.807) is 24.3 Å². The smallest absolute Gasteiger partial charge is 0.253 e. The van der Waals surface area contributed by atoms with Crippen LogP contribution in [0.2, 0.25) is 0 Å². The van der Waals surface area contributed by atoms with Crippen LogP contribution in [0.1, 0.15) is 39.9 Å². The van der Waals surface area contributed by atoms with Gasteiger partial charge >= 0.3 is 0 Å². The lowest BCUT2D eigenvalue weighted by Gasteiger charge is -2.32. The molecule has 1 heterocycles.